The zero-order valence-electron chi connectivity index (χ0n) is 5.03. The number of alkyl halides is 3. The number of aryl methyl sites for hydroxylation is 1. The molecule has 0 aromatic carbocycles. The van der Waals surface area contributed by atoms with E-state index in [1.165, 1.54) is 0 Å². The Morgan fingerprint density at radius 1 is 1.40 bits per heavy atom. The van der Waals surface area contributed by atoms with Gasteiger partial charge in [0.15, 0.2) is 0 Å². The summed E-state index contributed by atoms with van der Waals surface area (Å²) in [6.45, 7) is 1.56. The monoisotopic (exact) mass is 202 g/mol. The fraction of sp³-hybridized carbons (Fsp3) is 0.500. The van der Waals surface area contributed by atoms with E-state index in [9.17, 15) is 13.2 Å². The molecule has 0 saturated carbocycles. The van der Waals surface area contributed by atoms with E-state index in [0.717, 1.165) is 7.55 Å². The normalized spacial score (nSPS) is 14.4. The molecule has 0 nitrogen and oxygen atoms in total. The zero-order valence-corrected chi connectivity index (χ0v) is 7.82. The van der Waals surface area contributed by atoms with Crippen LogP contribution in [0.3, 0.4) is 0 Å². The third kappa shape index (κ3) is 1.72. The first-order valence-corrected chi connectivity index (χ1v) is 6.80. The maximum Gasteiger partial charge on any atom is 0.421 e. The summed E-state index contributed by atoms with van der Waals surface area (Å²) >= 11 is 0. The van der Waals surface area contributed by atoms with Crippen LogP contribution in [0.15, 0.2) is 0 Å². The Bertz CT molecular complexity index is 226. The Morgan fingerprint density at radius 2 is 2.00 bits per heavy atom. The van der Waals surface area contributed by atoms with Gasteiger partial charge in [-0.1, -0.05) is 0 Å². The van der Waals surface area contributed by atoms with Crippen LogP contribution in [0.4, 0.5) is 13.2 Å². The lowest BCUT2D eigenvalue weighted by molar-refractivity contribution is -0.134. The highest BCUT2D eigenvalue weighted by Crippen LogP contribution is 2.48. The summed E-state index contributed by atoms with van der Waals surface area (Å²) in [7, 11) is 1.68. The van der Waals surface area contributed by atoms with Crippen molar-refractivity contribution < 1.29 is 13.2 Å². The second-order valence-electron chi connectivity index (χ2n) is 1.78. The van der Waals surface area contributed by atoms with Gasteiger partial charge in [-0.25, -0.2) is 0 Å². The molecule has 0 fully saturated rings. The van der Waals surface area contributed by atoms with Gasteiger partial charge in [0.1, 0.15) is 0 Å². The molecule has 0 amide bonds. The zero-order chi connectivity index (χ0) is 7.78. The van der Waals surface area contributed by atoms with E-state index in [2.05, 4.69) is 0 Å². The summed E-state index contributed by atoms with van der Waals surface area (Å²) in [5.74, 6) is 0. The number of hydrogen-bond acceptors (Lipinski definition) is 0. The maximum absolute atomic E-state index is 11.9. The average molecular weight is 202 g/mol. The molecular formula is C4H4F3P3. The van der Waals surface area contributed by atoms with E-state index in [1.54, 1.807) is 6.92 Å². The van der Waals surface area contributed by atoms with Gasteiger partial charge in [0, 0.05) is 0 Å². The van der Waals surface area contributed by atoms with E-state index >= 15 is 0 Å². The molecule has 1 aromatic rings. The molecule has 0 bridgehead atoms. The van der Waals surface area contributed by atoms with Gasteiger partial charge in [0.2, 0.25) is 0 Å². The van der Waals surface area contributed by atoms with Crippen molar-refractivity contribution in [2.24, 2.45) is 0 Å². The predicted molar refractivity (Wildman–Crippen MR) is 40.7 cm³/mol. The largest absolute Gasteiger partial charge is 0.421 e. The summed E-state index contributed by atoms with van der Waals surface area (Å²) in [5.41, 5.74) is 0. The van der Waals surface area contributed by atoms with E-state index in [4.69, 9.17) is 0 Å². The van der Waals surface area contributed by atoms with Crippen LogP contribution < -0.4 is 0 Å². The van der Waals surface area contributed by atoms with Crippen molar-refractivity contribution in [3.8, 4) is 0 Å². The topological polar surface area (TPSA) is 0 Å². The fourth-order valence-corrected chi connectivity index (χ4v) is 6.97. The molecule has 1 heterocycles. The van der Waals surface area contributed by atoms with Crippen molar-refractivity contribution in [3.63, 3.8) is 0 Å². The van der Waals surface area contributed by atoms with Crippen LogP contribution in [0, 0.1) is 6.92 Å². The first-order valence-electron chi connectivity index (χ1n) is 2.46. The lowest BCUT2D eigenvalue weighted by Gasteiger charge is -2.02. The predicted octanol–water partition coefficient (Wildman–Crippen LogP) is 4.21. The average Bonchev–Trinajstić information content (AvgIpc) is 2.11. The number of rotatable bonds is 0. The summed E-state index contributed by atoms with van der Waals surface area (Å²) in [6, 6.07) is 0. The van der Waals surface area contributed by atoms with Gasteiger partial charge in [-0.05, 0) is 27.6 Å². The Kier molecular flexibility index (Phi) is 2.40. The van der Waals surface area contributed by atoms with Crippen LogP contribution in [-0.2, 0) is 6.18 Å². The van der Waals surface area contributed by atoms with Crippen LogP contribution >= 0.6 is 23.3 Å². The van der Waals surface area contributed by atoms with Gasteiger partial charge < -0.3 is 0 Å². The highest BCUT2D eigenvalue weighted by atomic mass is 32.1. The van der Waals surface area contributed by atoms with Gasteiger partial charge >= 0.3 is 6.18 Å². The Labute approximate surface area is 60.9 Å². The van der Waals surface area contributed by atoms with Crippen LogP contribution in [0.2, 0.25) is 0 Å². The summed E-state index contributed by atoms with van der Waals surface area (Å²) < 4.78 is 35.8. The summed E-state index contributed by atoms with van der Waals surface area (Å²) in [4.78, 5) is 0. The number of hydrogen-bond donors (Lipinski definition) is 0. The molecule has 10 heavy (non-hydrogen) atoms. The first-order chi connectivity index (χ1) is 4.52. The molecule has 0 aliphatic rings. The molecule has 0 N–H and O–H groups in total. The van der Waals surface area contributed by atoms with Crippen molar-refractivity contribution in [3.05, 3.63) is 10.6 Å². The molecule has 1 rings (SSSR count). The number of halogens is 3. The molecule has 56 valence electrons. The van der Waals surface area contributed by atoms with Crippen LogP contribution in [0.1, 0.15) is 10.6 Å². The molecule has 0 saturated heterocycles. The quantitative estimate of drug-likeness (QED) is 0.591. The van der Waals surface area contributed by atoms with Crippen LogP contribution in [0.25, 0.3) is 0 Å². The van der Waals surface area contributed by atoms with Gasteiger partial charge in [-0.2, -0.15) is 13.2 Å². The highest BCUT2D eigenvalue weighted by Gasteiger charge is 2.33. The van der Waals surface area contributed by atoms with Crippen molar-refractivity contribution >= 4 is 23.3 Å². The standard InChI is InChI=1S/C4H4F3P3/c1-2-3(4(5,6)7)9-10-8-2/h8H,1H3. The maximum atomic E-state index is 11.9. The minimum absolute atomic E-state index is 0.326. The Hall–Kier alpha value is 0.430. The third-order valence-corrected chi connectivity index (χ3v) is 6.78. The van der Waals surface area contributed by atoms with E-state index in [-0.39, 0.29) is 5.30 Å². The lowest BCUT2D eigenvalue weighted by Crippen LogP contribution is -2.01. The molecule has 1 unspecified atom stereocenters. The van der Waals surface area contributed by atoms with Gasteiger partial charge in [0.05, 0.1) is 5.30 Å². The molecule has 0 spiro atoms. The van der Waals surface area contributed by atoms with Crippen molar-refractivity contribution in [1.29, 1.82) is 0 Å². The minimum atomic E-state index is -4.08. The second-order valence-corrected chi connectivity index (χ2v) is 7.27. The smallest absolute Gasteiger partial charge is 0.166 e. The van der Waals surface area contributed by atoms with Crippen molar-refractivity contribution in [2.45, 2.75) is 13.1 Å². The van der Waals surface area contributed by atoms with Gasteiger partial charge in [-0.15, -0.1) is 7.87 Å². The Balaban J connectivity index is 3.05. The van der Waals surface area contributed by atoms with Crippen molar-refractivity contribution in [1.82, 2.24) is 0 Å². The summed E-state index contributed by atoms with van der Waals surface area (Å²) in [6.07, 6.45) is -4.08. The molecule has 0 aliphatic heterocycles. The fourth-order valence-electron chi connectivity index (χ4n) is 0.547. The SMILES string of the molecule is Cc1[pH]ppc1C(F)(F)F. The van der Waals surface area contributed by atoms with E-state index in [1.807, 2.05) is 0 Å². The molecule has 0 radical (unpaired) electrons. The third-order valence-electron chi connectivity index (χ3n) is 0.991. The summed E-state index contributed by atoms with van der Waals surface area (Å²) in [5, 5.41) is 0.198. The lowest BCUT2D eigenvalue weighted by atomic mass is 10.4. The van der Waals surface area contributed by atoms with E-state index in [0.29, 0.717) is 21.0 Å². The molecular weight excluding hydrogens is 198 g/mol. The van der Waals surface area contributed by atoms with E-state index < -0.39 is 6.18 Å². The molecule has 1 atom stereocenters. The first kappa shape index (κ1) is 8.53. The molecule has 1 aromatic heterocycles. The van der Waals surface area contributed by atoms with Crippen LogP contribution in [-0.4, -0.2) is 0 Å². The minimum Gasteiger partial charge on any atom is -0.166 e. The second kappa shape index (κ2) is 2.81. The molecule has 0 aliphatic carbocycles. The Morgan fingerprint density at radius 3 is 2.20 bits per heavy atom. The van der Waals surface area contributed by atoms with Gasteiger partial charge in [-0.3, -0.25) is 0 Å². The highest BCUT2D eigenvalue weighted by molar-refractivity contribution is 8.17. The van der Waals surface area contributed by atoms with Gasteiger partial charge in [0.25, 0.3) is 0 Å². The van der Waals surface area contributed by atoms with Crippen molar-refractivity contribution in [2.75, 3.05) is 0 Å². The molecule has 6 heteroatoms. The van der Waals surface area contributed by atoms with Crippen LogP contribution in [0.5, 0.6) is 0 Å².